The lowest BCUT2D eigenvalue weighted by molar-refractivity contribution is -0.132. The van der Waals surface area contributed by atoms with Crippen molar-refractivity contribution in [3.63, 3.8) is 0 Å². The second-order valence-corrected chi connectivity index (χ2v) is 16.2. The highest BCUT2D eigenvalue weighted by Gasteiger charge is 2.42. The minimum atomic E-state index is -1.11. The number of carbonyl (C=O) groups is 4. The summed E-state index contributed by atoms with van der Waals surface area (Å²) in [6, 6.07) is 6.10. The second kappa shape index (κ2) is 18.8. The summed E-state index contributed by atoms with van der Waals surface area (Å²) in [6.45, 7) is 7.80. The predicted octanol–water partition coefficient (Wildman–Crippen LogP) is 5.77. The maximum atomic E-state index is 13.7. The first-order chi connectivity index (χ1) is 23.5. The third-order valence-electron chi connectivity index (χ3n) is 8.41. The normalized spacial score (nSPS) is 21.8. The molecular formula is C36H49N5O5S3. The summed E-state index contributed by atoms with van der Waals surface area (Å²) in [5.74, 6) is -0.194. The van der Waals surface area contributed by atoms with Gasteiger partial charge in [-0.15, -0.1) is 23.1 Å². The first kappa shape index (κ1) is 38.8. The number of fused-ring (bicyclic) bond motifs is 4. The molecule has 4 bridgehead atoms. The molecule has 3 atom stereocenters. The molecule has 10 nitrogen and oxygen atoms in total. The van der Waals surface area contributed by atoms with E-state index < -0.39 is 17.6 Å². The number of rotatable bonds is 13. The molecule has 266 valence electrons. The van der Waals surface area contributed by atoms with Crippen LogP contribution in [0.4, 0.5) is 0 Å². The number of thiazole rings is 1. The summed E-state index contributed by atoms with van der Waals surface area (Å²) in [5, 5.41) is 19.9. The summed E-state index contributed by atoms with van der Waals surface area (Å²) < 4.78 is 0. The van der Waals surface area contributed by atoms with Crippen molar-refractivity contribution in [1.29, 1.82) is 0 Å². The van der Waals surface area contributed by atoms with E-state index in [-0.39, 0.29) is 48.3 Å². The first-order valence-electron chi connectivity index (χ1n) is 17.2. The molecule has 0 saturated carbocycles. The summed E-state index contributed by atoms with van der Waals surface area (Å²) in [5.41, 5.74) is 1.22. The number of allylic oxidation sites excluding steroid dienone is 1. The molecule has 1 unspecified atom stereocenters. The monoisotopic (exact) mass is 727 g/mol. The summed E-state index contributed by atoms with van der Waals surface area (Å²) in [4.78, 5) is 63.4. The highest BCUT2D eigenvalue weighted by molar-refractivity contribution is 8.14. The van der Waals surface area contributed by atoms with E-state index in [2.05, 4.69) is 22.9 Å². The Morgan fingerprint density at radius 2 is 1.88 bits per heavy atom. The zero-order chi connectivity index (χ0) is 35.4. The van der Waals surface area contributed by atoms with Gasteiger partial charge in [0.15, 0.2) is 5.12 Å². The number of nitrogens with one attached hydrogen (secondary N) is 3. The number of aliphatic hydroxyl groups is 1. The lowest BCUT2D eigenvalue weighted by atomic mass is 9.99. The number of benzene rings is 1. The topological polar surface area (TPSA) is 150 Å². The summed E-state index contributed by atoms with van der Waals surface area (Å²) >= 11 is 4.21. The van der Waals surface area contributed by atoms with E-state index in [1.54, 1.807) is 13.0 Å². The Labute approximate surface area is 302 Å². The molecule has 2 aromatic rings. The van der Waals surface area contributed by atoms with Gasteiger partial charge in [0, 0.05) is 17.9 Å². The van der Waals surface area contributed by atoms with Gasteiger partial charge in [0.2, 0.25) is 17.7 Å². The van der Waals surface area contributed by atoms with Gasteiger partial charge < -0.3 is 21.1 Å². The van der Waals surface area contributed by atoms with Crippen molar-refractivity contribution in [2.24, 2.45) is 10.9 Å². The molecular weight excluding hydrogens is 679 g/mol. The number of nitrogens with zero attached hydrogens (tertiary/aromatic N) is 2. The van der Waals surface area contributed by atoms with Gasteiger partial charge >= 0.3 is 0 Å². The van der Waals surface area contributed by atoms with Gasteiger partial charge in [-0.2, -0.15) is 0 Å². The quantitative estimate of drug-likeness (QED) is 0.150. The maximum absolute atomic E-state index is 13.7. The fraction of sp³-hybridized carbons (Fsp3) is 0.556. The summed E-state index contributed by atoms with van der Waals surface area (Å²) in [7, 11) is 0. The molecule has 3 heterocycles. The molecule has 49 heavy (non-hydrogen) atoms. The molecule has 2 aliphatic heterocycles. The molecule has 0 saturated heterocycles. The Kier molecular flexibility index (Phi) is 14.9. The summed E-state index contributed by atoms with van der Waals surface area (Å²) in [6.07, 6.45) is 10.4. The number of aromatic nitrogens is 1. The van der Waals surface area contributed by atoms with Crippen LogP contribution in [-0.4, -0.2) is 67.1 Å². The minimum absolute atomic E-state index is 0.00117. The van der Waals surface area contributed by atoms with Crippen LogP contribution in [0, 0.1) is 5.92 Å². The Balaban J connectivity index is 1.53. The SMILES string of the molecule is CCCCCCCC(=O)SCC/C=C/C1CC(=O)NCc2nc(c(-c3ccc(CO)cc3)s2)C2=N[C@@](C)(CS2)C(=O)N[C@@H](C(C)C)C(=O)N1. The molecule has 4 rings (SSSR count). The molecule has 2 aliphatic rings. The average Bonchev–Trinajstić information content (AvgIpc) is 3.69. The number of hydrogen-bond acceptors (Lipinski definition) is 10. The predicted molar refractivity (Wildman–Crippen MR) is 201 cm³/mol. The van der Waals surface area contributed by atoms with Crippen LogP contribution in [0.15, 0.2) is 41.4 Å². The maximum Gasteiger partial charge on any atom is 0.249 e. The first-order valence-corrected chi connectivity index (χ1v) is 19.9. The number of aliphatic hydroxyl groups excluding tert-OH is 1. The van der Waals surface area contributed by atoms with Gasteiger partial charge in [0.25, 0.3) is 0 Å². The van der Waals surface area contributed by atoms with Crippen LogP contribution in [-0.2, 0) is 32.3 Å². The molecule has 0 spiro atoms. The van der Waals surface area contributed by atoms with Crippen LogP contribution in [0.2, 0.25) is 0 Å². The molecule has 0 fully saturated rings. The molecule has 13 heteroatoms. The molecule has 0 aliphatic carbocycles. The number of amides is 3. The molecule has 3 amide bonds. The standard InChI is InChI=1S/C36H49N5O5S3/c1-5-6-7-8-9-13-29(44)47-18-11-10-12-26-19-27(43)37-20-28-39-31(32(49-28)25-16-14-24(21-42)15-17-25)34-41-36(4,22-48-34)35(46)40-30(23(2)3)33(45)38-26/h10,12,14-17,23,26,30,42H,5-9,11,13,18-22H2,1-4H3,(H,37,43)(H,38,45)(H,40,46)/b12-10+/t26?,30-,36-/m0/s1. The third kappa shape index (κ3) is 11.2. The van der Waals surface area contributed by atoms with Crippen LogP contribution in [0.5, 0.6) is 0 Å². The number of hydrogen-bond donors (Lipinski definition) is 4. The third-order valence-corrected chi connectivity index (χ3v) is 11.7. The van der Waals surface area contributed by atoms with Gasteiger partial charge in [0.05, 0.1) is 30.5 Å². The van der Waals surface area contributed by atoms with E-state index in [1.165, 1.54) is 54.1 Å². The van der Waals surface area contributed by atoms with Crippen LogP contribution in [0.1, 0.15) is 95.3 Å². The fourth-order valence-electron chi connectivity index (χ4n) is 5.44. The van der Waals surface area contributed by atoms with Crippen LogP contribution >= 0.6 is 34.9 Å². The largest absolute Gasteiger partial charge is 0.392 e. The van der Waals surface area contributed by atoms with Crippen molar-refractivity contribution < 1.29 is 24.3 Å². The van der Waals surface area contributed by atoms with E-state index in [9.17, 15) is 24.3 Å². The Hall–Kier alpha value is -3.00. The van der Waals surface area contributed by atoms with E-state index in [4.69, 9.17) is 9.98 Å². The van der Waals surface area contributed by atoms with Crippen molar-refractivity contribution in [2.45, 2.75) is 110 Å². The van der Waals surface area contributed by atoms with Gasteiger partial charge in [-0.05, 0) is 36.8 Å². The van der Waals surface area contributed by atoms with Crippen LogP contribution in [0.3, 0.4) is 0 Å². The van der Waals surface area contributed by atoms with E-state index >= 15 is 0 Å². The smallest absolute Gasteiger partial charge is 0.249 e. The zero-order valence-corrected chi connectivity index (χ0v) is 31.3. The van der Waals surface area contributed by atoms with Crippen molar-refractivity contribution in [3.05, 3.63) is 52.7 Å². The highest BCUT2D eigenvalue weighted by atomic mass is 32.2. The van der Waals surface area contributed by atoms with Gasteiger partial charge in [-0.25, -0.2) is 4.98 Å². The van der Waals surface area contributed by atoms with E-state index in [0.29, 0.717) is 40.1 Å². The molecule has 1 aromatic heterocycles. The number of carbonyl (C=O) groups excluding carboxylic acids is 4. The minimum Gasteiger partial charge on any atom is -0.392 e. The van der Waals surface area contributed by atoms with Gasteiger partial charge in [-0.1, -0.05) is 94.6 Å². The molecule has 0 radical (unpaired) electrons. The lowest BCUT2D eigenvalue weighted by Crippen LogP contribution is -2.56. The molecule has 1 aromatic carbocycles. The average molecular weight is 728 g/mol. The van der Waals surface area contributed by atoms with Crippen LogP contribution in [0.25, 0.3) is 10.4 Å². The second-order valence-electron chi connectivity index (χ2n) is 13.0. The Morgan fingerprint density at radius 1 is 1.12 bits per heavy atom. The highest BCUT2D eigenvalue weighted by Crippen LogP contribution is 2.38. The van der Waals surface area contributed by atoms with Gasteiger partial charge in [-0.3, -0.25) is 24.2 Å². The number of unbranched alkanes of at least 4 members (excludes halogenated alkanes) is 4. The van der Waals surface area contributed by atoms with Crippen molar-refractivity contribution in [3.8, 4) is 10.4 Å². The van der Waals surface area contributed by atoms with Crippen molar-refractivity contribution >= 4 is 62.7 Å². The van der Waals surface area contributed by atoms with Crippen molar-refractivity contribution in [1.82, 2.24) is 20.9 Å². The van der Waals surface area contributed by atoms with E-state index in [1.807, 2.05) is 44.2 Å². The number of thioether (sulfide) groups is 2. The number of aliphatic imine (C=N–C) groups is 1. The fourth-order valence-corrected chi connectivity index (χ4v) is 8.45. The lowest BCUT2D eigenvalue weighted by Gasteiger charge is -2.27. The Morgan fingerprint density at radius 3 is 2.59 bits per heavy atom. The molecule has 4 N–H and O–H groups in total. The Bertz CT molecular complexity index is 1520. The zero-order valence-electron chi connectivity index (χ0n) is 28.9. The van der Waals surface area contributed by atoms with E-state index in [0.717, 1.165) is 28.8 Å². The van der Waals surface area contributed by atoms with Crippen molar-refractivity contribution in [2.75, 3.05) is 11.5 Å². The van der Waals surface area contributed by atoms with Crippen LogP contribution < -0.4 is 16.0 Å². The van der Waals surface area contributed by atoms with Gasteiger partial charge in [0.1, 0.15) is 27.3 Å².